The van der Waals surface area contributed by atoms with Gasteiger partial charge in [0.15, 0.2) is 6.29 Å². The van der Waals surface area contributed by atoms with Gasteiger partial charge in [0.25, 0.3) is 0 Å². The third-order valence-corrected chi connectivity index (χ3v) is 8.57. The Bertz CT molecular complexity index is 754. The minimum Gasteiger partial charge on any atom is -0.394 e. The van der Waals surface area contributed by atoms with E-state index < -0.39 is 74.2 Å². The maximum atomic E-state index is 12.9. The van der Waals surface area contributed by atoms with Crippen molar-refractivity contribution in [3.8, 4) is 0 Å². The molecule has 1 aliphatic heterocycles. The van der Waals surface area contributed by atoms with Crippen molar-refractivity contribution in [3.05, 3.63) is 12.2 Å². The molecule has 9 atom stereocenters. The predicted octanol–water partition coefficient (Wildman–Crippen LogP) is 2.99. The summed E-state index contributed by atoms with van der Waals surface area (Å²) in [6.07, 6.45) is 10.7. The molecule has 1 amide bonds. The SMILES string of the molecule is CCCCCC/C=C\CCCCCCCCC(O)C(=O)NC(COC1OC(CO)C(O)C(O)C1O)C(O)C(O)CCCCCC. The number of allylic oxidation sites excluding steroid dienone is 2. The number of hydrogen-bond donors (Lipinski definition) is 8. The third kappa shape index (κ3) is 17.5. The highest BCUT2D eigenvalue weighted by atomic mass is 16.7. The molecule has 11 heteroatoms. The highest BCUT2D eigenvalue weighted by molar-refractivity contribution is 5.80. The Kier molecular flexibility index (Phi) is 24.1. The topological polar surface area (TPSA) is 189 Å². The predicted molar refractivity (Wildman–Crippen MR) is 173 cm³/mol. The number of aliphatic hydroxyl groups excluding tert-OH is 7. The average molecular weight is 648 g/mol. The lowest BCUT2D eigenvalue weighted by Crippen LogP contribution is -2.60. The van der Waals surface area contributed by atoms with Gasteiger partial charge in [0.1, 0.15) is 36.6 Å². The van der Waals surface area contributed by atoms with E-state index in [0.29, 0.717) is 19.3 Å². The monoisotopic (exact) mass is 647 g/mol. The summed E-state index contributed by atoms with van der Waals surface area (Å²) in [6.45, 7) is 3.23. The van der Waals surface area contributed by atoms with Gasteiger partial charge in [-0.1, -0.05) is 103 Å². The largest absolute Gasteiger partial charge is 0.394 e. The van der Waals surface area contributed by atoms with Crippen molar-refractivity contribution in [3.63, 3.8) is 0 Å². The van der Waals surface area contributed by atoms with Gasteiger partial charge in [-0.3, -0.25) is 4.79 Å². The molecule has 45 heavy (non-hydrogen) atoms. The quantitative estimate of drug-likeness (QED) is 0.0486. The molecule has 8 N–H and O–H groups in total. The van der Waals surface area contributed by atoms with Crippen LogP contribution in [0.2, 0.25) is 0 Å². The first-order chi connectivity index (χ1) is 21.7. The number of ether oxygens (including phenoxy) is 2. The van der Waals surface area contributed by atoms with E-state index >= 15 is 0 Å². The minimum absolute atomic E-state index is 0.253. The van der Waals surface area contributed by atoms with E-state index in [0.717, 1.165) is 57.8 Å². The van der Waals surface area contributed by atoms with E-state index in [2.05, 4.69) is 31.3 Å². The van der Waals surface area contributed by atoms with E-state index in [1.165, 1.54) is 32.1 Å². The molecule has 1 rings (SSSR count). The highest BCUT2D eigenvalue weighted by Gasteiger charge is 2.44. The van der Waals surface area contributed by atoms with Crippen LogP contribution in [0.5, 0.6) is 0 Å². The number of nitrogens with one attached hydrogen (secondary N) is 1. The lowest BCUT2D eigenvalue weighted by atomic mass is 9.98. The van der Waals surface area contributed by atoms with Crippen molar-refractivity contribution in [1.29, 1.82) is 0 Å². The fourth-order valence-electron chi connectivity index (χ4n) is 5.49. The van der Waals surface area contributed by atoms with Crippen LogP contribution in [0.25, 0.3) is 0 Å². The number of carbonyl (C=O) groups excluding carboxylic acids is 1. The summed E-state index contributed by atoms with van der Waals surface area (Å²) in [6, 6.07) is -1.16. The van der Waals surface area contributed by atoms with E-state index in [-0.39, 0.29) is 6.42 Å². The van der Waals surface area contributed by atoms with Crippen molar-refractivity contribution >= 4 is 5.91 Å². The molecule has 0 aliphatic carbocycles. The molecule has 11 nitrogen and oxygen atoms in total. The summed E-state index contributed by atoms with van der Waals surface area (Å²) < 4.78 is 10.9. The van der Waals surface area contributed by atoms with Crippen LogP contribution in [-0.2, 0) is 14.3 Å². The Hall–Kier alpha value is -1.15. The Balaban J connectivity index is 2.51. The van der Waals surface area contributed by atoms with Gasteiger partial charge in [-0.25, -0.2) is 0 Å². The summed E-state index contributed by atoms with van der Waals surface area (Å²) in [4.78, 5) is 12.9. The second-order valence-corrected chi connectivity index (χ2v) is 12.6. The van der Waals surface area contributed by atoms with Crippen LogP contribution < -0.4 is 5.32 Å². The summed E-state index contributed by atoms with van der Waals surface area (Å²) in [7, 11) is 0. The molecule has 0 saturated carbocycles. The van der Waals surface area contributed by atoms with Crippen LogP contribution in [0, 0.1) is 0 Å². The molecule has 0 bridgehead atoms. The standard InChI is InChI=1S/C34H65NO10/c1-3-5-7-9-10-11-12-13-14-15-16-17-18-20-22-27(38)33(43)35-25(29(39)26(37)21-19-8-6-4-2)24-44-34-32(42)31(41)30(40)28(23-36)45-34/h11-12,25-32,34,36-42H,3-10,13-24H2,1-2H3,(H,35,43)/b12-11-. The maximum absolute atomic E-state index is 12.9. The zero-order valence-electron chi connectivity index (χ0n) is 27.8. The van der Waals surface area contributed by atoms with Gasteiger partial charge in [-0.05, 0) is 38.5 Å². The van der Waals surface area contributed by atoms with Crippen molar-refractivity contribution in [2.75, 3.05) is 13.2 Å². The molecule has 266 valence electrons. The van der Waals surface area contributed by atoms with Crippen LogP contribution in [0.4, 0.5) is 0 Å². The number of hydrogen-bond acceptors (Lipinski definition) is 10. The zero-order chi connectivity index (χ0) is 33.5. The Morgan fingerprint density at radius 2 is 1.29 bits per heavy atom. The van der Waals surface area contributed by atoms with Crippen LogP contribution >= 0.6 is 0 Å². The van der Waals surface area contributed by atoms with Crippen molar-refractivity contribution in [2.45, 2.75) is 184 Å². The summed E-state index contributed by atoms with van der Waals surface area (Å²) in [5.74, 6) is -0.712. The van der Waals surface area contributed by atoms with Crippen LogP contribution in [0.3, 0.4) is 0 Å². The van der Waals surface area contributed by atoms with Crippen molar-refractivity contribution in [1.82, 2.24) is 5.32 Å². The summed E-state index contributed by atoms with van der Waals surface area (Å²) in [5.41, 5.74) is 0. The van der Waals surface area contributed by atoms with Crippen LogP contribution in [-0.4, -0.2) is 110 Å². The van der Waals surface area contributed by atoms with E-state index in [1.54, 1.807) is 0 Å². The summed E-state index contributed by atoms with van der Waals surface area (Å²) in [5, 5.41) is 74.4. The lowest BCUT2D eigenvalue weighted by Gasteiger charge is -2.40. The molecule has 0 radical (unpaired) electrons. The van der Waals surface area contributed by atoms with Gasteiger partial charge in [0.2, 0.25) is 5.91 Å². The second-order valence-electron chi connectivity index (χ2n) is 12.6. The van der Waals surface area contributed by atoms with Gasteiger partial charge >= 0.3 is 0 Å². The van der Waals surface area contributed by atoms with Gasteiger partial charge < -0.3 is 50.5 Å². The fraction of sp³-hybridized carbons (Fsp3) is 0.912. The molecule has 0 aromatic rings. The molecule has 0 spiro atoms. The van der Waals surface area contributed by atoms with Crippen molar-refractivity contribution < 1.29 is 50.0 Å². The number of aliphatic hydroxyl groups is 7. The first kappa shape index (κ1) is 41.9. The first-order valence-corrected chi connectivity index (χ1v) is 17.6. The average Bonchev–Trinajstić information content (AvgIpc) is 3.04. The zero-order valence-corrected chi connectivity index (χ0v) is 27.8. The molecule has 9 unspecified atom stereocenters. The van der Waals surface area contributed by atoms with E-state index in [9.17, 15) is 40.5 Å². The minimum atomic E-state index is -1.65. The van der Waals surface area contributed by atoms with Gasteiger partial charge in [-0.2, -0.15) is 0 Å². The fourth-order valence-corrected chi connectivity index (χ4v) is 5.49. The third-order valence-electron chi connectivity index (χ3n) is 8.57. The molecule has 1 heterocycles. The first-order valence-electron chi connectivity index (χ1n) is 17.6. The highest BCUT2D eigenvalue weighted by Crippen LogP contribution is 2.23. The van der Waals surface area contributed by atoms with E-state index in [4.69, 9.17) is 9.47 Å². The summed E-state index contributed by atoms with van der Waals surface area (Å²) >= 11 is 0. The molecule has 0 aromatic heterocycles. The maximum Gasteiger partial charge on any atom is 0.249 e. The van der Waals surface area contributed by atoms with Crippen LogP contribution in [0.1, 0.15) is 129 Å². The number of rotatable bonds is 27. The lowest BCUT2D eigenvalue weighted by molar-refractivity contribution is -0.303. The second kappa shape index (κ2) is 25.9. The van der Waals surface area contributed by atoms with Crippen molar-refractivity contribution in [2.24, 2.45) is 0 Å². The number of carbonyl (C=O) groups is 1. The number of unbranched alkanes of at least 4 members (excludes halogenated alkanes) is 13. The van der Waals surface area contributed by atoms with Gasteiger partial charge in [0, 0.05) is 0 Å². The normalized spacial score (nSPS) is 24.9. The van der Waals surface area contributed by atoms with E-state index in [1.807, 2.05) is 0 Å². The Labute approximate surface area is 271 Å². The molecule has 1 saturated heterocycles. The molecular formula is C34H65NO10. The number of amides is 1. The molecular weight excluding hydrogens is 582 g/mol. The molecule has 1 fully saturated rings. The smallest absolute Gasteiger partial charge is 0.249 e. The van der Waals surface area contributed by atoms with Gasteiger partial charge in [-0.15, -0.1) is 0 Å². The molecule has 0 aromatic carbocycles. The Morgan fingerprint density at radius 3 is 1.89 bits per heavy atom. The van der Waals surface area contributed by atoms with Gasteiger partial charge in [0.05, 0.1) is 25.4 Å². The Morgan fingerprint density at radius 1 is 0.756 bits per heavy atom. The molecule has 1 aliphatic rings. The van der Waals surface area contributed by atoms with Crippen LogP contribution in [0.15, 0.2) is 12.2 Å².